The lowest BCUT2D eigenvalue weighted by atomic mass is 10.1. The van der Waals surface area contributed by atoms with Crippen LogP contribution in [-0.4, -0.2) is 43.9 Å². The molecule has 0 unspecified atom stereocenters. The van der Waals surface area contributed by atoms with E-state index in [4.69, 9.17) is 23.2 Å². The molecule has 0 radical (unpaired) electrons. The van der Waals surface area contributed by atoms with Crippen LogP contribution in [0.25, 0.3) is 0 Å². The summed E-state index contributed by atoms with van der Waals surface area (Å²) in [4.78, 5) is 26.7. The van der Waals surface area contributed by atoms with Gasteiger partial charge in [0.05, 0.1) is 10.0 Å². The van der Waals surface area contributed by atoms with Crippen LogP contribution in [-0.2, 0) is 0 Å². The molecule has 5 nitrogen and oxygen atoms in total. The summed E-state index contributed by atoms with van der Waals surface area (Å²) in [5.74, 6) is -0.529. The molecule has 0 saturated carbocycles. The van der Waals surface area contributed by atoms with E-state index in [0.29, 0.717) is 33.4 Å². The summed E-state index contributed by atoms with van der Waals surface area (Å²) in [7, 11) is 3.97. The van der Waals surface area contributed by atoms with Crippen molar-refractivity contribution in [3.05, 3.63) is 63.6 Å². The van der Waals surface area contributed by atoms with Gasteiger partial charge in [-0.3, -0.25) is 9.59 Å². The molecule has 2 N–H and O–H groups in total. The number of carbonyl (C=O) groups is 2. The number of hydrogen-bond acceptors (Lipinski definition) is 3. The van der Waals surface area contributed by atoms with E-state index in [2.05, 4.69) is 15.5 Å². The SMILES string of the molecule is CN(C)CCCNC(=O)c1cccc(C(=O)Nc2ccc(Cl)c(Cl)c2)c1. The van der Waals surface area contributed by atoms with Crippen molar-refractivity contribution in [2.24, 2.45) is 0 Å². The molecule has 0 spiro atoms. The monoisotopic (exact) mass is 393 g/mol. The van der Waals surface area contributed by atoms with Gasteiger partial charge in [-0.2, -0.15) is 0 Å². The average Bonchev–Trinajstić information content (AvgIpc) is 2.61. The molecule has 2 amide bonds. The van der Waals surface area contributed by atoms with Crippen molar-refractivity contribution in [2.45, 2.75) is 6.42 Å². The summed E-state index contributed by atoms with van der Waals surface area (Å²) in [6.07, 6.45) is 0.857. The molecule has 0 saturated heterocycles. The lowest BCUT2D eigenvalue weighted by molar-refractivity contribution is 0.0952. The highest BCUT2D eigenvalue weighted by atomic mass is 35.5. The summed E-state index contributed by atoms with van der Waals surface area (Å²) in [5.41, 5.74) is 1.36. The highest BCUT2D eigenvalue weighted by Gasteiger charge is 2.11. The number of halogens is 2. The van der Waals surface area contributed by atoms with Gasteiger partial charge < -0.3 is 15.5 Å². The molecule has 2 aromatic rings. The molecule has 0 aliphatic heterocycles. The zero-order chi connectivity index (χ0) is 19.1. The first-order valence-electron chi connectivity index (χ1n) is 8.16. The molecule has 2 aromatic carbocycles. The van der Waals surface area contributed by atoms with E-state index in [1.54, 1.807) is 42.5 Å². The molecule has 26 heavy (non-hydrogen) atoms. The van der Waals surface area contributed by atoms with Gasteiger partial charge in [-0.1, -0.05) is 29.3 Å². The minimum atomic E-state index is -0.328. The molecule has 2 rings (SSSR count). The van der Waals surface area contributed by atoms with E-state index >= 15 is 0 Å². The van der Waals surface area contributed by atoms with Crippen LogP contribution in [0.5, 0.6) is 0 Å². The smallest absolute Gasteiger partial charge is 0.255 e. The molecule has 0 aliphatic rings. The molecular formula is C19H21Cl2N3O2. The second-order valence-electron chi connectivity index (χ2n) is 6.08. The number of hydrogen-bond donors (Lipinski definition) is 2. The van der Waals surface area contributed by atoms with Crippen LogP contribution >= 0.6 is 23.2 Å². The van der Waals surface area contributed by atoms with Crippen LogP contribution in [0.3, 0.4) is 0 Å². The maximum atomic E-state index is 12.4. The second kappa shape index (κ2) is 9.57. The number of benzene rings is 2. The zero-order valence-corrected chi connectivity index (χ0v) is 16.2. The van der Waals surface area contributed by atoms with Gasteiger partial charge in [-0.25, -0.2) is 0 Å². The molecule has 138 valence electrons. The number of amides is 2. The Balaban J connectivity index is 1.99. The van der Waals surface area contributed by atoms with E-state index in [1.165, 1.54) is 0 Å². The van der Waals surface area contributed by atoms with Gasteiger partial charge in [-0.15, -0.1) is 0 Å². The minimum Gasteiger partial charge on any atom is -0.352 e. The predicted molar refractivity (Wildman–Crippen MR) is 106 cm³/mol. The topological polar surface area (TPSA) is 61.4 Å². The molecule has 0 bridgehead atoms. The molecule has 0 atom stereocenters. The number of nitrogens with one attached hydrogen (secondary N) is 2. The van der Waals surface area contributed by atoms with Crippen LogP contribution in [0.4, 0.5) is 5.69 Å². The predicted octanol–water partition coefficient (Wildman–Crippen LogP) is 3.93. The molecule has 0 fully saturated rings. The highest BCUT2D eigenvalue weighted by molar-refractivity contribution is 6.42. The molecular weight excluding hydrogens is 373 g/mol. The van der Waals surface area contributed by atoms with Crippen molar-refractivity contribution < 1.29 is 9.59 Å². The summed E-state index contributed by atoms with van der Waals surface area (Å²) in [6.45, 7) is 1.48. The quantitative estimate of drug-likeness (QED) is 0.700. The number of anilines is 1. The summed E-state index contributed by atoms with van der Waals surface area (Å²) < 4.78 is 0. The third kappa shape index (κ3) is 6.02. The average molecular weight is 394 g/mol. The van der Waals surface area contributed by atoms with Gasteiger partial charge in [0, 0.05) is 23.4 Å². The first kappa shape index (κ1) is 20.2. The van der Waals surface area contributed by atoms with Gasteiger partial charge in [0.15, 0.2) is 0 Å². The third-order valence-corrected chi connectivity index (χ3v) is 4.37. The van der Waals surface area contributed by atoms with Crippen molar-refractivity contribution >= 4 is 40.7 Å². The van der Waals surface area contributed by atoms with Crippen LogP contribution < -0.4 is 10.6 Å². The first-order chi connectivity index (χ1) is 12.4. The molecule has 0 heterocycles. The lowest BCUT2D eigenvalue weighted by Gasteiger charge is -2.10. The van der Waals surface area contributed by atoms with Gasteiger partial charge in [0.1, 0.15) is 0 Å². The highest BCUT2D eigenvalue weighted by Crippen LogP contribution is 2.25. The number of rotatable bonds is 7. The van der Waals surface area contributed by atoms with E-state index in [0.717, 1.165) is 13.0 Å². The van der Waals surface area contributed by atoms with Crippen LogP contribution in [0.2, 0.25) is 10.0 Å². The maximum absolute atomic E-state index is 12.4. The van der Waals surface area contributed by atoms with Crippen molar-refractivity contribution in [2.75, 3.05) is 32.5 Å². The Bertz CT molecular complexity index is 794. The van der Waals surface area contributed by atoms with Gasteiger partial charge >= 0.3 is 0 Å². The minimum absolute atomic E-state index is 0.201. The van der Waals surface area contributed by atoms with Crippen LogP contribution in [0, 0.1) is 0 Å². The summed E-state index contributed by atoms with van der Waals surface area (Å²) >= 11 is 11.8. The fraction of sp³-hybridized carbons (Fsp3) is 0.263. The Morgan fingerprint density at radius 2 is 1.65 bits per heavy atom. The Morgan fingerprint density at radius 1 is 0.962 bits per heavy atom. The fourth-order valence-electron chi connectivity index (χ4n) is 2.28. The van der Waals surface area contributed by atoms with Crippen molar-refractivity contribution in [3.8, 4) is 0 Å². The van der Waals surface area contributed by atoms with Crippen molar-refractivity contribution in [1.82, 2.24) is 10.2 Å². The first-order valence-corrected chi connectivity index (χ1v) is 8.92. The number of nitrogens with zero attached hydrogens (tertiary/aromatic N) is 1. The van der Waals surface area contributed by atoms with Crippen molar-refractivity contribution in [3.63, 3.8) is 0 Å². The van der Waals surface area contributed by atoms with Gasteiger partial charge in [-0.05, 0) is 63.5 Å². The Labute approximate surface area is 163 Å². The van der Waals surface area contributed by atoms with Crippen LogP contribution in [0.1, 0.15) is 27.1 Å². The summed E-state index contributed by atoms with van der Waals surface area (Å²) in [6, 6.07) is 11.4. The lowest BCUT2D eigenvalue weighted by Crippen LogP contribution is -2.27. The largest absolute Gasteiger partial charge is 0.352 e. The van der Waals surface area contributed by atoms with E-state index in [-0.39, 0.29) is 11.8 Å². The standard InChI is InChI=1S/C19H21Cl2N3O2/c1-24(2)10-4-9-22-18(25)13-5-3-6-14(11-13)19(26)23-15-7-8-16(20)17(21)12-15/h3,5-8,11-12H,4,9-10H2,1-2H3,(H,22,25)(H,23,26). The third-order valence-electron chi connectivity index (χ3n) is 3.63. The Hall–Kier alpha value is -2.08. The molecule has 7 heteroatoms. The Morgan fingerprint density at radius 3 is 2.31 bits per heavy atom. The second-order valence-corrected chi connectivity index (χ2v) is 6.89. The fourth-order valence-corrected chi connectivity index (χ4v) is 2.58. The number of carbonyl (C=O) groups excluding carboxylic acids is 2. The summed E-state index contributed by atoms with van der Waals surface area (Å²) in [5, 5.41) is 6.36. The van der Waals surface area contributed by atoms with E-state index in [9.17, 15) is 9.59 Å². The van der Waals surface area contributed by atoms with Gasteiger partial charge in [0.25, 0.3) is 11.8 Å². The zero-order valence-electron chi connectivity index (χ0n) is 14.7. The molecule has 0 aliphatic carbocycles. The van der Waals surface area contributed by atoms with Gasteiger partial charge in [0.2, 0.25) is 0 Å². The van der Waals surface area contributed by atoms with E-state index in [1.807, 2.05) is 14.1 Å². The van der Waals surface area contributed by atoms with E-state index < -0.39 is 0 Å². The van der Waals surface area contributed by atoms with Crippen molar-refractivity contribution in [1.29, 1.82) is 0 Å². The van der Waals surface area contributed by atoms with Crippen LogP contribution in [0.15, 0.2) is 42.5 Å². The maximum Gasteiger partial charge on any atom is 0.255 e. The molecule has 0 aromatic heterocycles. The Kier molecular flexibility index (Phi) is 7.45. The normalized spacial score (nSPS) is 10.7.